The van der Waals surface area contributed by atoms with Crippen LogP contribution in [0.5, 0.6) is 0 Å². The molecule has 0 saturated heterocycles. The fourth-order valence-corrected chi connectivity index (χ4v) is 3.67. The number of hydrogen-bond donors (Lipinski definition) is 0. The van der Waals surface area contributed by atoms with Crippen molar-refractivity contribution in [2.45, 2.75) is 149 Å². The molecule has 0 aromatic carbocycles. The van der Waals surface area contributed by atoms with Gasteiger partial charge < -0.3 is 14.2 Å². The summed E-state index contributed by atoms with van der Waals surface area (Å²) in [6, 6.07) is 0. The van der Waals surface area contributed by atoms with Gasteiger partial charge in [-0.3, -0.25) is 14.4 Å². The molecule has 0 radical (unpaired) electrons. The van der Waals surface area contributed by atoms with E-state index in [9.17, 15) is 14.4 Å². The Morgan fingerprint density at radius 1 is 0.471 bits per heavy atom. The van der Waals surface area contributed by atoms with Crippen molar-refractivity contribution in [1.82, 2.24) is 0 Å². The molecule has 0 N–H and O–H groups in total. The normalized spacial score (nSPS) is 11.7. The Morgan fingerprint density at radius 2 is 0.794 bits per heavy atom. The van der Waals surface area contributed by atoms with Crippen molar-refractivity contribution in [3.8, 4) is 0 Å². The zero-order valence-electron chi connectivity index (χ0n) is 22.4. The van der Waals surface area contributed by atoms with Gasteiger partial charge >= 0.3 is 17.9 Å². The molecule has 0 amide bonds. The molecule has 0 fully saturated rings. The maximum absolute atomic E-state index is 12.2. The number of esters is 3. The highest BCUT2D eigenvalue weighted by molar-refractivity contribution is 5.71. The summed E-state index contributed by atoms with van der Waals surface area (Å²) < 4.78 is 16.2. The van der Waals surface area contributed by atoms with Crippen LogP contribution in [-0.4, -0.2) is 37.2 Å². The van der Waals surface area contributed by atoms with Gasteiger partial charge in [0.05, 0.1) is 0 Å². The highest BCUT2D eigenvalue weighted by Gasteiger charge is 2.19. The number of rotatable bonds is 24. The van der Waals surface area contributed by atoms with E-state index in [4.69, 9.17) is 14.2 Å². The van der Waals surface area contributed by atoms with Crippen molar-refractivity contribution in [3.63, 3.8) is 0 Å². The van der Waals surface area contributed by atoms with Gasteiger partial charge in [-0.25, -0.2) is 0 Å². The minimum atomic E-state index is -0.749. The molecule has 1 unspecified atom stereocenters. The zero-order chi connectivity index (χ0) is 25.3. The zero-order valence-corrected chi connectivity index (χ0v) is 22.4. The second-order valence-electron chi connectivity index (χ2n) is 9.32. The Morgan fingerprint density at radius 3 is 1.18 bits per heavy atom. The molecule has 0 aliphatic rings. The molecule has 200 valence electrons. The van der Waals surface area contributed by atoms with Gasteiger partial charge in [0.2, 0.25) is 0 Å². The first-order valence-electron chi connectivity index (χ1n) is 14.0. The van der Waals surface area contributed by atoms with E-state index in [1.807, 2.05) is 0 Å². The lowest BCUT2D eigenvalue weighted by atomic mass is 10.1. The van der Waals surface area contributed by atoms with Crippen molar-refractivity contribution in [2.24, 2.45) is 0 Å². The smallest absolute Gasteiger partial charge is 0.306 e. The molecule has 0 heterocycles. The molecule has 0 aliphatic carbocycles. The summed E-state index contributed by atoms with van der Waals surface area (Å²) in [6.45, 7) is 6.35. The van der Waals surface area contributed by atoms with Gasteiger partial charge in [-0.1, -0.05) is 104 Å². The van der Waals surface area contributed by atoms with E-state index in [-0.39, 0.29) is 31.1 Å². The fourth-order valence-electron chi connectivity index (χ4n) is 3.67. The summed E-state index contributed by atoms with van der Waals surface area (Å²) in [7, 11) is 0. The molecule has 6 heteroatoms. The van der Waals surface area contributed by atoms with Gasteiger partial charge in [0, 0.05) is 19.3 Å². The van der Waals surface area contributed by atoms with Crippen LogP contribution in [0.25, 0.3) is 0 Å². The van der Waals surface area contributed by atoms with E-state index in [2.05, 4.69) is 20.8 Å². The third-order valence-electron chi connectivity index (χ3n) is 5.86. The average Bonchev–Trinajstić information content (AvgIpc) is 2.82. The van der Waals surface area contributed by atoms with Crippen LogP contribution in [0.3, 0.4) is 0 Å². The largest absolute Gasteiger partial charge is 0.462 e. The molecule has 0 aliphatic heterocycles. The Labute approximate surface area is 208 Å². The Bertz CT molecular complexity index is 505. The molecule has 0 rings (SSSR count). The van der Waals surface area contributed by atoms with Gasteiger partial charge in [0.25, 0.3) is 0 Å². The van der Waals surface area contributed by atoms with E-state index >= 15 is 0 Å². The molecular formula is C28H52O6. The Hall–Kier alpha value is -1.59. The average molecular weight is 485 g/mol. The van der Waals surface area contributed by atoms with E-state index < -0.39 is 6.10 Å². The number of carbonyl (C=O) groups excluding carboxylic acids is 3. The lowest BCUT2D eigenvalue weighted by Gasteiger charge is -2.18. The number of unbranched alkanes of at least 4 members (excludes halogenated alkanes) is 13. The van der Waals surface area contributed by atoms with Gasteiger partial charge in [0.15, 0.2) is 6.10 Å². The predicted octanol–water partition coefficient (Wildman–Crippen LogP) is 7.46. The SMILES string of the molecule is CCCCCCCCC(=O)OCC(COC(=O)CCCCCCC)OC(=O)CCCCCCC. The molecule has 0 bridgehead atoms. The van der Waals surface area contributed by atoms with Crippen molar-refractivity contribution in [2.75, 3.05) is 13.2 Å². The molecule has 6 nitrogen and oxygen atoms in total. The van der Waals surface area contributed by atoms with Gasteiger partial charge in [-0.15, -0.1) is 0 Å². The monoisotopic (exact) mass is 484 g/mol. The maximum Gasteiger partial charge on any atom is 0.306 e. The van der Waals surface area contributed by atoms with Crippen LogP contribution in [0, 0.1) is 0 Å². The van der Waals surface area contributed by atoms with Crippen LogP contribution in [0.1, 0.15) is 143 Å². The Balaban J connectivity index is 4.36. The fraction of sp³-hybridized carbons (Fsp3) is 0.893. The number of carbonyl (C=O) groups is 3. The lowest BCUT2D eigenvalue weighted by molar-refractivity contribution is -0.167. The van der Waals surface area contributed by atoms with Gasteiger partial charge in [-0.2, -0.15) is 0 Å². The van der Waals surface area contributed by atoms with Gasteiger partial charge in [0.1, 0.15) is 13.2 Å². The van der Waals surface area contributed by atoms with Crippen molar-refractivity contribution in [3.05, 3.63) is 0 Å². The minimum absolute atomic E-state index is 0.0694. The standard InChI is InChI=1S/C28H52O6/c1-4-7-10-13-16-18-21-27(30)33-24-25(34-28(31)22-19-15-12-9-6-3)23-32-26(29)20-17-14-11-8-5-2/h25H,4-24H2,1-3H3. The summed E-state index contributed by atoms with van der Waals surface area (Å²) in [5.41, 5.74) is 0. The highest BCUT2D eigenvalue weighted by Crippen LogP contribution is 2.11. The Kier molecular flexibility index (Phi) is 23.4. The molecule has 0 spiro atoms. The van der Waals surface area contributed by atoms with E-state index in [1.165, 1.54) is 32.1 Å². The number of hydrogen-bond acceptors (Lipinski definition) is 6. The van der Waals surface area contributed by atoms with Crippen LogP contribution in [-0.2, 0) is 28.6 Å². The first kappa shape index (κ1) is 32.4. The molecular weight excluding hydrogens is 432 g/mol. The first-order valence-corrected chi connectivity index (χ1v) is 14.0. The van der Waals surface area contributed by atoms with Crippen LogP contribution >= 0.6 is 0 Å². The van der Waals surface area contributed by atoms with Crippen LogP contribution < -0.4 is 0 Å². The maximum atomic E-state index is 12.2. The second-order valence-corrected chi connectivity index (χ2v) is 9.32. The van der Waals surface area contributed by atoms with Crippen LogP contribution in [0.15, 0.2) is 0 Å². The summed E-state index contributed by atoms with van der Waals surface area (Å²) >= 11 is 0. The van der Waals surface area contributed by atoms with Crippen molar-refractivity contribution >= 4 is 17.9 Å². The summed E-state index contributed by atoms with van der Waals surface area (Å²) in [5, 5.41) is 0. The number of ether oxygens (including phenoxy) is 3. The van der Waals surface area contributed by atoms with Crippen molar-refractivity contribution in [1.29, 1.82) is 0 Å². The van der Waals surface area contributed by atoms with E-state index in [0.717, 1.165) is 70.6 Å². The summed E-state index contributed by atoms with van der Waals surface area (Å²) in [6.07, 6.45) is 17.4. The highest BCUT2D eigenvalue weighted by atomic mass is 16.6. The van der Waals surface area contributed by atoms with Crippen molar-refractivity contribution < 1.29 is 28.6 Å². The molecule has 34 heavy (non-hydrogen) atoms. The quantitative estimate of drug-likeness (QED) is 0.0804. The summed E-state index contributed by atoms with van der Waals surface area (Å²) in [4.78, 5) is 36.4. The van der Waals surface area contributed by atoms with Crippen LogP contribution in [0.2, 0.25) is 0 Å². The lowest BCUT2D eigenvalue weighted by Crippen LogP contribution is -2.30. The van der Waals surface area contributed by atoms with Crippen LogP contribution in [0.4, 0.5) is 0 Å². The van der Waals surface area contributed by atoms with Gasteiger partial charge in [-0.05, 0) is 19.3 Å². The van der Waals surface area contributed by atoms with E-state index in [0.29, 0.717) is 19.3 Å². The topological polar surface area (TPSA) is 78.9 Å². The third kappa shape index (κ3) is 22.2. The third-order valence-corrected chi connectivity index (χ3v) is 5.86. The summed E-state index contributed by atoms with van der Waals surface area (Å²) in [5.74, 6) is -0.919. The second kappa shape index (κ2) is 24.5. The first-order chi connectivity index (χ1) is 16.5. The molecule has 0 saturated carbocycles. The minimum Gasteiger partial charge on any atom is -0.462 e. The molecule has 1 atom stereocenters. The predicted molar refractivity (Wildman–Crippen MR) is 137 cm³/mol. The van der Waals surface area contributed by atoms with E-state index in [1.54, 1.807) is 0 Å². The molecule has 0 aromatic heterocycles. The molecule has 0 aromatic rings.